The van der Waals surface area contributed by atoms with Gasteiger partial charge in [0.2, 0.25) is 0 Å². The molecule has 0 bridgehead atoms. The molecule has 4 rings (SSSR count). The minimum atomic E-state index is 0.284. The maximum atomic E-state index is 9.56. The van der Waals surface area contributed by atoms with E-state index in [0.29, 0.717) is 6.10 Å². The minimum Gasteiger partial charge on any atom is -0.508 e. The van der Waals surface area contributed by atoms with Crippen molar-refractivity contribution in [3.63, 3.8) is 0 Å². The van der Waals surface area contributed by atoms with Gasteiger partial charge in [-0.1, -0.05) is 0 Å². The van der Waals surface area contributed by atoms with Crippen LogP contribution in [-0.4, -0.2) is 16.2 Å². The first-order chi connectivity index (χ1) is 9.79. The van der Waals surface area contributed by atoms with Gasteiger partial charge in [0.25, 0.3) is 0 Å². The molecular weight excluding hydrogens is 250 g/mol. The Morgan fingerprint density at radius 3 is 2.45 bits per heavy atom. The molecule has 3 nitrogen and oxygen atoms in total. The van der Waals surface area contributed by atoms with E-state index in [1.54, 1.807) is 12.1 Å². The number of hydrogen-bond donors (Lipinski definition) is 2. The predicted molar refractivity (Wildman–Crippen MR) is 80.4 cm³/mol. The first kappa shape index (κ1) is 11.6. The monoisotopic (exact) mass is 267 g/mol. The Hall–Kier alpha value is -2.16. The van der Waals surface area contributed by atoms with Crippen molar-refractivity contribution in [3.05, 3.63) is 36.4 Å². The van der Waals surface area contributed by atoms with Gasteiger partial charge in [-0.3, -0.25) is 0 Å². The smallest absolute Gasteiger partial charge is 0.121 e. The van der Waals surface area contributed by atoms with Gasteiger partial charge in [-0.15, -0.1) is 0 Å². The Kier molecular flexibility index (Phi) is 2.59. The van der Waals surface area contributed by atoms with E-state index in [9.17, 15) is 5.11 Å². The van der Waals surface area contributed by atoms with E-state index in [1.807, 2.05) is 12.1 Å². The molecule has 3 aromatic rings. The summed E-state index contributed by atoms with van der Waals surface area (Å²) in [6.07, 6.45) is 5.26. The molecule has 2 N–H and O–H groups in total. The molecule has 0 spiro atoms. The van der Waals surface area contributed by atoms with Crippen LogP contribution in [0.5, 0.6) is 11.5 Å². The quantitative estimate of drug-likeness (QED) is 0.725. The number of aromatic nitrogens is 1. The van der Waals surface area contributed by atoms with Crippen LogP contribution in [-0.2, 0) is 0 Å². The number of aromatic amines is 1. The Balaban J connectivity index is 1.76. The summed E-state index contributed by atoms with van der Waals surface area (Å²) < 4.78 is 6.03. The van der Waals surface area contributed by atoms with Gasteiger partial charge in [0, 0.05) is 22.9 Å². The van der Waals surface area contributed by atoms with Gasteiger partial charge >= 0.3 is 0 Å². The summed E-state index contributed by atoms with van der Waals surface area (Å²) >= 11 is 0. The van der Waals surface area contributed by atoms with Crippen molar-refractivity contribution in [1.29, 1.82) is 0 Å². The Labute approximate surface area is 117 Å². The lowest BCUT2D eigenvalue weighted by Gasteiger charge is -2.12. The number of fused-ring (bicyclic) bond motifs is 3. The third-order valence-electron chi connectivity index (χ3n) is 4.16. The van der Waals surface area contributed by atoms with Gasteiger partial charge in [0.1, 0.15) is 11.5 Å². The zero-order chi connectivity index (χ0) is 13.5. The van der Waals surface area contributed by atoms with Crippen molar-refractivity contribution in [2.75, 3.05) is 0 Å². The van der Waals surface area contributed by atoms with Gasteiger partial charge < -0.3 is 14.8 Å². The lowest BCUT2D eigenvalue weighted by atomic mass is 10.1. The van der Waals surface area contributed by atoms with Crippen LogP contribution in [0.2, 0.25) is 0 Å². The third-order valence-corrected chi connectivity index (χ3v) is 4.16. The number of phenolic OH excluding ortho intramolecular Hbond substituents is 1. The Morgan fingerprint density at radius 2 is 1.65 bits per heavy atom. The average Bonchev–Trinajstić information content (AvgIpc) is 3.04. The molecule has 2 aromatic carbocycles. The van der Waals surface area contributed by atoms with E-state index in [2.05, 4.69) is 17.1 Å². The second kappa shape index (κ2) is 4.44. The van der Waals surface area contributed by atoms with Crippen molar-refractivity contribution in [1.82, 2.24) is 4.98 Å². The number of ether oxygens (including phenoxy) is 1. The molecular formula is C17H17NO2. The summed E-state index contributed by atoms with van der Waals surface area (Å²) in [7, 11) is 0. The molecule has 102 valence electrons. The van der Waals surface area contributed by atoms with Gasteiger partial charge in [-0.25, -0.2) is 0 Å². The van der Waals surface area contributed by atoms with Crippen LogP contribution in [0.25, 0.3) is 21.8 Å². The van der Waals surface area contributed by atoms with Gasteiger partial charge in [0.05, 0.1) is 17.1 Å². The van der Waals surface area contributed by atoms with Gasteiger partial charge in [-0.05, 0) is 49.9 Å². The van der Waals surface area contributed by atoms with E-state index in [1.165, 1.54) is 31.1 Å². The molecule has 1 aromatic heterocycles. The average molecular weight is 267 g/mol. The van der Waals surface area contributed by atoms with Crippen LogP contribution in [0.1, 0.15) is 25.7 Å². The maximum Gasteiger partial charge on any atom is 0.121 e. The number of rotatable bonds is 2. The molecule has 0 atom stereocenters. The summed E-state index contributed by atoms with van der Waals surface area (Å²) in [6.45, 7) is 0. The second-order valence-electron chi connectivity index (χ2n) is 5.59. The van der Waals surface area contributed by atoms with Crippen molar-refractivity contribution < 1.29 is 9.84 Å². The highest BCUT2D eigenvalue weighted by atomic mass is 16.5. The molecule has 3 heteroatoms. The Bertz CT molecular complexity index is 769. The second-order valence-corrected chi connectivity index (χ2v) is 5.59. The summed E-state index contributed by atoms with van der Waals surface area (Å²) in [4.78, 5) is 3.34. The highest BCUT2D eigenvalue weighted by molar-refractivity contribution is 6.07. The maximum absolute atomic E-state index is 9.56. The fourth-order valence-electron chi connectivity index (χ4n) is 3.15. The van der Waals surface area contributed by atoms with E-state index in [-0.39, 0.29) is 5.75 Å². The normalized spacial score (nSPS) is 16.2. The van der Waals surface area contributed by atoms with Crippen LogP contribution >= 0.6 is 0 Å². The zero-order valence-corrected chi connectivity index (χ0v) is 11.2. The molecule has 1 aliphatic rings. The SMILES string of the molecule is Oc1ccc2c(c1)[nH]c1cc(OC3CCCC3)ccc12. The number of hydrogen-bond acceptors (Lipinski definition) is 2. The van der Waals surface area contributed by atoms with E-state index < -0.39 is 0 Å². The van der Waals surface area contributed by atoms with Gasteiger partial charge in [-0.2, -0.15) is 0 Å². The molecule has 1 saturated carbocycles. The fourth-order valence-corrected chi connectivity index (χ4v) is 3.15. The number of H-pyrrole nitrogens is 1. The number of nitrogens with one attached hydrogen (secondary N) is 1. The highest BCUT2D eigenvalue weighted by Gasteiger charge is 2.16. The molecule has 0 saturated heterocycles. The largest absolute Gasteiger partial charge is 0.508 e. The van der Waals surface area contributed by atoms with E-state index >= 15 is 0 Å². The molecule has 0 aliphatic heterocycles. The summed E-state index contributed by atoms with van der Waals surface area (Å²) in [5, 5.41) is 11.9. The first-order valence-corrected chi connectivity index (χ1v) is 7.21. The fraction of sp³-hybridized carbons (Fsp3) is 0.294. The van der Waals surface area contributed by atoms with E-state index in [0.717, 1.165) is 22.2 Å². The van der Waals surface area contributed by atoms with Crippen molar-refractivity contribution >= 4 is 21.8 Å². The highest BCUT2D eigenvalue weighted by Crippen LogP contribution is 2.31. The molecule has 20 heavy (non-hydrogen) atoms. The summed E-state index contributed by atoms with van der Waals surface area (Å²) in [6, 6.07) is 11.6. The minimum absolute atomic E-state index is 0.284. The van der Waals surface area contributed by atoms with Crippen LogP contribution < -0.4 is 4.74 Å². The van der Waals surface area contributed by atoms with Crippen molar-refractivity contribution in [3.8, 4) is 11.5 Å². The number of benzene rings is 2. The van der Waals surface area contributed by atoms with Crippen LogP contribution in [0.15, 0.2) is 36.4 Å². The van der Waals surface area contributed by atoms with Crippen LogP contribution in [0.4, 0.5) is 0 Å². The third kappa shape index (κ3) is 1.90. The van der Waals surface area contributed by atoms with Crippen LogP contribution in [0.3, 0.4) is 0 Å². The summed E-state index contributed by atoms with van der Waals surface area (Å²) in [5.74, 6) is 1.21. The molecule has 0 amide bonds. The molecule has 1 aliphatic carbocycles. The zero-order valence-electron chi connectivity index (χ0n) is 11.2. The Morgan fingerprint density at radius 1 is 0.950 bits per heavy atom. The standard InChI is InChI=1S/C17H17NO2/c19-11-5-7-14-15-8-6-13(20-12-3-1-2-4-12)10-17(15)18-16(14)9-11/h5-10,12,18-19H,1-4H2. The molecule has 1 fully saturated rings. The van der Waals surface area contributed by atoms with Crippen molar-refractivity contribution in [2.45, 2.75) is 31.8 Å². The molecule has 1 heterocycles. The molecule has 0 radical (unpaired) electrons. The first-order valence-electron chi connectivity index (χ1n) is 7.21. The van der Waals surface area contributed by atoms with Crippen molar-refractivity contribution in [2.24, 2.45) is 0 Å². The number of aromatic hydroxyl groups is 1. The van der Waals surface area contributed by atoms with Crippen LogP contribution in [0, 0.1) is 0 Å². The van der Waals surface area contributed by atoms with E-state index in [4.69, 9.17) is 4.74 Å². The van der Waals surface area contributed by atoms with Gasteiger partial charge in [0.15, 0.2) is 0 Å². The lowest BCUT2D eigenvalue weighted by Crippen LogP contribution is -2.10. The lowest BCUT2D eigenvalue weighted by molar-refractivity contribution is 0.210. The topological polar surface area (TPSA) is 45.2 Å². The summed E-state index contributed by atoms with van der Waals surface area (Å²) in [5.41, 5.74) is 2.01. The predicted octanol–water partition coefficient (Wildman–Crippen LogP) is 4.35. The molecule has 0 unspecified atom stereocenters. The number of phenols is 1.